The topological polar surface area (TPSA) is 984 Å². The molecule has 56 atom stereocenters. The van der Waals surface area contributed by atoms with E-state index in [1.54, 1.807) is 0 Å². The van der Waals surface area contributed by atoms with Crippen molar-refractivity contribution >= 4 is 35.5 Å². The van der Waals surface area contributed by atoms with E-state index < -0.39 is 451 Å². The molecule has 0 spiro atoms. The van der Waals surface area contributed by atoms with Gasteiger partial charge < -0.3 is 284 Å². The molecular weight excluding hydrogens is 1950 g/mol. The number of carbonyl (C=O) groups is 6. The van der Waals surface area contributed by atoms with Gasteiger partial charge in [0.05, 0.1) is 84.3 Å². The zero-order chi connectivity index (χ0) is 105. The maximum Gasteiger partial charge on any atom is 0.364 e. The van der Waals surface area contributed by atoms with Crippen molar-refractivity contribution in [3.05, 3.63) is 0 Å². The Balaban J connectivity index is 0.908. The maximum absolute atomic E-state index is 13.4. The van der Waals surface area contributed by atoms with E-state index in [1.165, 1.54) is 6.92 Å². The van der Waals surface area contributed by atoms with Crippen molar-refractivity contribution in [2.75, 3.05) is 66.1 Å². The SMILES string of the molecule is CC(=O)N[C@@H]1[C@H](O[C@@H]2[C@@H](O[C@@H]3[C@H](O)[C@H](O[C@H]4[C@H](O)[C@@H](NC(C)=O)[C@H](O[C@H]5[C@H](O)[C@@H](NC(C)=O)[C@H](O)O[C@@H]5CO[C@H]5O[C@H](C)[C@H](O)[C@H](O)[C@H]5O)O[C@@H]4CO)O[C@H](CO[C@H]4O[C@H](CO)[C@@H](O)[C@H](O)[C@@H]4O[C@@H]4O[C@H](CO)[C@@H](O[C@@H]5O[C@H](CO)[C@H](O)[C@H](O)[C@H]5O)[C@H](O)[C@H]4NC(C)=O)[C@H]3O)O[C@H](CO)[C@@H](O)[C@@H]2O)O[C@H](CO)[C@@H](O[C@@H]2O[C@H](CO[C@]3(C(=O)O)C[C@H](O)[C@@H](NC(C)=O)[C@H]([C@H](O)[C@H](O)CO)O3)[C@H](O)[C@H](O)[C@H]2O)[C@@H]1O. The van der Waals surface area contributed by atoms with E-state index in [4.69, 9.17) is 99.5 Å². The summed E-state index contributed by atoms with van der Waals surface area (Å²) in [4.78, 5) is 77.5. The number of hydrogen-bond donors (Lipinski definition) is 36. The van der Waals surface area contributed by atoms with Gasteiger partial charge in [0.15, 0.2) is 62.9 Å². The second-order valence-corrected chi connectivity index (χ2v) is 36.0. The molecule has 63 nitrogen and oxygen atoms in total. The highest BCUT2D eigenvalue weighted by Gasteiger charge is 2.64. The van der Waals surface area contributed by atoms with Crippen molar-refractivity contribution < 1.29 is 287 Å². The summed E-state index contributed by atoms with van der Waals surface area (Å²) < 4.78 is 125. The van der Waals surface area contributed by atoms with E-state index in [2.05, 4.69) is 26.6 Å². The van der Waals surface area contributed by atoms with Crippen molar-refractivity contribution in [2.24, 2.45) is 0 Å². The minimum absolute atomic E-state index is 0.848. The van der Waals surface area contributed by atoms with E-state index in [0.717, 1.165) is 34.6 Å². The number of aliphatic hydroxyl groups is 30. The summed E-state index contributed by atoms with van der Waals surface area (Å²) in [6.45, 7) is -5.99. The number of ether oxygens (including phenoxy) is 21. The number of carboxylic acids is 1. The Kier molecular flexibility index (Phi) is 41.7. The predicted molar refractivity (Wildman–Crippen MR) is 436 cm³/mol. The van der Waals surface area contributed by atoms with Crippen molar-refractivity contribution in [1.29, 1.82) is 0 Å². The van der Waals surface area contributed by atoms with E-state index in [-0.39, 0.29) is 0 Å². The van der Waals surface area contributed by atoms with E-state index in [9.17, 15) is 187 Å². The number of hydrogen-bond acceptors (Lipinski definition) is 57. The third-order valence-corrected chi connectivity index (χ3v) is 25.9. The van der Waals surface area contributed by atoms with Crippen LogP contribution in [-0.4, -0.2) is 603 Å². The van der Waals surface area contributed by atoms with Crippen molar-refractivity contribution in [3.63, 3.8) is 0 Å². The molecule has 0 bridgehead atoms. The zero-order valence-electron chi connectivity index (χ0n) is 76.4. The molecular formula is C79H131N5O58. The Bertz CT molecular complexity index is 4010. The van der Waals surface area contributed by atoms with Gasteiger partial charge in [0.1, 0.15) is 256 Å². The number of amides is 5. The van der Waals surface area contributed by atoms with E-state index >= 15 is 0 Å². The van der Waals surface area contributed by atoms with Gasteiger partial charge in [-0.1, -0.05) is 0 Å². The highest BCUT2D eigenvalue weighted by molar-refractivity contribution is 5.77. The fourth-order valence-corrected chi connectivity index (χ4v) is 18.3. The molecule has 0 aromatic rings. The van der Waals surface area contributed by atoms with Gasteiger partial charge in [-0.3, -0.25) is 24.0 Å². The molecule has 0 radical (unpaired) electrons. The van der Waals surface area contributed by atoms with Crippen LogP contribution >= 0.6 is 0 Å². The molecule has 11 heterocycles. The van der Waals surface area contributed by atoms with Gasteiger partial charge in [-0.2, -0.15) is 0 Å². The lowest BCUT2D eigenvalue weighted by molar-refractivity contribution is -0.399. The first-order valence-corrected chi connectivity index (χ1v) is 45.1. The molecule has 36 N–H and O–H groups in total. The molecule has 63 heteroatoms. The van der Waals surface area contributed by atoms with Gasteiger partial charge in [-0.15, -0.1) is 0 Å². The number of carbonyl (C=O) groups excluding carboxylic acids is 5. The quantitative estimate of drug-likeness (QED) is 0.0273. The Hall–Kier alpha value is -5.22. The van der Waals surface area contributed by atoms with Crippen LogP contribution in [0.25, 0.3) is 0 Å². The zero-order valence-corrected chi connectivity index (χ0v) is 76.4. The Morgan fingerprint density at radius 2 is 0.620 bits per heavy atom. The Labute approximate surface area is 803 Å². The van der Waals surface area contributed by atoms with Crippen LogP contribution in [0, 0.1) is 0 Å². The molecule has 0 saturated carbocycles. The van der Waals surface area contributed by atoms with Crippen molar-refractivity contribution in [2.45, 2.75) is 391 Å². The molecule has 142 heavy (non-hydrogen) atoms. The fraction of sp³-hybridized carbons (Fsp3) is 0.924. The van der Waals surface area contributed by atoms with Crippen molar-refractivity contribution in [3.8, 4) is 0 Å². The first-order valence-electron chi connectivity index (χ1n) is 45.1. The van der Waals surface area contributed by atoms with Gasteiger partial charge >= 0.3 is 5.97 Å². The molecule has 5 amide bonds. The summed E-state index contributed by atoms with van der Waals surface area (Å²) in [6, 6.07) is -9.70. The van der Waals surface area contributed by atoms with Crippen LogP contribution in [0.5, 0.6) is 0 Å². The molecule has 820 valence electrons. The lowest BCUT2D eigenvalue weighted by atomic mass is 9.88. The van der Waals surface area contributed by atoms with E-state index in [1.807, 2.05) is 0 Å². The monoisotopic (exact) mass is 2080 g/mol. The summed E-state index contributed by atoms with van der Waals surface area (Å²) in [5.41, 5.74) is 0. The maximum atomic E-state index is 13.4. The summed E-state index contributed by atoms with van der Waals surface area (Å²) in [5, 5.41) is 360. The molecule has 11 aliphatic heterocycles. The summed E-state index contributed by atoms with van der Waals surface area (Å²) in [5.74, 6) is -10.0. The third-order valence-electron chi connectivity index (χ3n) is 25.9. The third kappa shape index (κ3) is 26.0. The fourth-order valence-electron chi connectivity index (χ4n) is 18.3. The molecule has 0 unspecified atom stereocenters. The number of rotatable bonds is 38. The van der Waals surface area contributed by atoms with Gasteiger partial charge in [0.25, 0.3) is 5.79 Å². The molecule has 0 aliphatic carbocycles. The predicted octanol–water partition coefficient (Wildman–Crippen LogP) is -24.0. The van der Waals surface area contributed by atoms with Gasteiger partial charge in [-0.25, -0.2) is 4.79 Å². The molecule has 11 rings (SSSR count). The first kappa shape index (κ1) is 117. The van der Waals surface area contributed by atoms with Crippen molar-refractivity contribution in [1.82, 2.24) is 26.6 Å². The minimum Gasteiger partial charge on any atom is -0.477 e. The summed E-state index contributed by atoms with van der Waals surface area (Å²) in [7, 11) is 0. The second-order valence-electron chi connectivity index (χ2n) is 36.0. The van der Waals surface area contributed by atoms with Crippen LogP contribution in [0.4, 0.5) is 0 Å². The smallest absolute Gasteiger partial charge is 0.364 e. The largest absolute Gasteiger partial charge is 0.477 e. The van der Waals surface area contributed by atoms with Crippen LogP contribution in [0.2, 0.25) is 0 Å². The molecule has 0 aromatic heterocycles. The Morgan fingerprint density at radius 1 is 0.303 bits per heavy atom. The minimum atomic E-state index is -3.12. The van der Waals surface area contributed by atoms with Gasteiger partial charge in [0.2, 0.25) is 29.5 Å². The number of aliphatic hydroxyl groups excluding tert-OH is 30. The molecule has 11 aliphatic rings. The number of nitrogens with one attached hydrogen (secondary N) is 5. The first-order chi connectivity index (χ1) is 66.9. The van der Waals surface area contributed by atoms with Crippen LogP contribution in [0.1, 0.15) is 48.0 Å². The van der Waals surface area contributed by atoms with Gasteiger partial charge in [-0.05, 0) is 6.92 Å². The normalized spacial score (nSPS) is 48.0. The molecule has 11 saturated heterocycles. The Morgan fingerprint density at radius 3 is 1.05 bits per heavy atom. The average Bonchev–Trinajstić information content (AvgIpc) is 0.763. The van der Waals surface area contributed by atoms with Crippen LogP contribution in [0.15, 0.2) is 0 Å². The number of carboxylic acid groups (broad SMARTS) is 1. The highest BCUT2D eigenvalue weighted by Crippen LogP contribution is 2.43. The highest BCUT2D eigenvalue weighted by atomic mass is 16.8. The lowest BCUT2D eigenvalue weighted by Gasteiger charge is -2.51. The average molecular weight is 2080 g/mol. The lowest BCUT2D eigenvalue weighted by Crippen LogP contribution is -2.71. The molecule has 11 fully saturated rings. The van der Waals surface area contributed by atoms with Gasteiger partial charge in [0, 0.05) is 41.0 Å². The van der Waals surface area contributed by atoms with Crippen LogP contribution in [0.3, 0.4) is 0 Å². The standard InChI is InChI=1S/C79H131N5O58/c1-18-40(99)51(110)56(115)72(125-18)122-16-34-63(47(106)36(68(119)126-34)81-20(3)93)135-69-37(82-21(4)94)48(107)62(31(14-91)130-69)138-75-59(118)65(46(105)32(133-75)15-123-76-66(54(113)43(102)27(10-87)128-76)140-70-38(83-22(5)95)49(108)60(29(12-89)131-70)136-73-57(116)52(111)42(101)26(9-86)127-73)139-77-67(55(114)44(103)28(11-88)129-77)141-71-39(84-23(6)96)50(109)61(30(13-90)132-71)137-74-58(117)53(112)45(104)33(134-74)17-124-79(78(120)121)7-24(97)35(80-19(2)92)64(142-79)41(100)25(98)8-85/h18,24-77,85-91,97-119H,7-17H2,1-6H3,(H,80,92)(H,81,93)(H,82,94)(H,83,95)(H,84,96)(H,120,121)/t18-,24+,25-,26-,27-,28-,29-,30-,31-,32-,33-,34-,35-,36-,37-,38-,39+,40+,41-,42+,43-,44-,45+,46-,47-,48-,49-,50-,51+,52+,53+,54+,55+,56-,57-,58-,59+,60-,61-,62-,63-,64-,65+,66+,67+,68-,69+,70+,71+,72+,73+,74+,75+,76+,77-,79-/m1/s1. The number of aliphatic carboxylic acids is 1. The van der Waals surface area contributed by atoms with E-state index in [0.29, 0.717) is 0 Å². The van der Waals surface area contributed by atoms with Crippen LogP contribution < -0.4 is 26.6 Å². The summed E-state index contributed by atoms with van der Waals surface area (Å²) in [6.07, 6.45) is -110. The van der Waals surface area contributed by atoms with Crippen LogP contribution in [-0.2, 0) is 128 Å². The molecule has 0 aromatic carbocycles. The second kappa shape index (κ2) is 50.6. The summed E-state index contributed by atoms with van der Waals surface area (Å²) >= 11 is 0.